The Labute approximate surface area is 132 Å². The Bertz CT molecular complexity index is 660. The Balaban J connectivity index is 1.82. The van der Waals surface area contributed by atoms with Crippen LogP contribution >= 0.6 is 11.3 Å². The lowest BCUT2D eigenvalue weighted by Crippen LogP contribution is -2.38. The maximum absolute atomic E-state index is 11.7. The van der Waals surface area contributed by atoms with E-state index in [9.17, 15) is 9.90 Å². The van der Waals surface area contributed by atoms with Gasteiger partial charge in [0.1, 0.15) is 12.6 Å². The summed E-state index contributed by atoms with van der Waals surface area (Å²) >= 11 is 1.51. The van der Waals surface area contributed by atoms with E-state index in [0.29, 0.717) is 25.5 Å². The number of carboxylic acids is 1. The first kappa shape index (κ1) is 15.1. The second kappa shape index (κ2) is 6.51. The smallest absolute Gasteiger partial charge is 0.325 e. The normalized spacial score (nSPS) is 16.2. The molecule has 3 rings (SSSR count). The molecule has 1 aliphatic rings. The third-order valence-electron chi connectivity index (χ3n) is 3.74. The number of hydrogen-bond acceptors (Lipinski definition) is 6. The molecule has 6 nitrogen and oxygen atoms in total. The van der Waals surface area contributed by atoms with Crippen molar-refractivity contribution >= 4 is 17.3 Å². The predicted molar refractivity (Wildman–Crippen MR) is 81.6 cm³/mol. The molecule has 22 heavy (non-hydrogen) atoms. The molecule has 2 aromatic heterocycles. The number of rotatable bonds is 5. The lowest BCUT2D eigenvalue weighted by atomic mass is 10.0. The molecule has 116 valence electrons. The number of aromatic nitrogens is 2. The predicted octanol–water partition coefficient (Wildman–Crippen LogP) is 1.87. The average Bonchev–Trinajstić information content (AvgIpc) is 3.01. The zero-order valence-corrected chi connectivity index (χ0v) is 13.0. The molecule has 0 radical (unpaired) electrons. The van der Waals surface area contributed by atoms with Crippen LogP contribution in [0, 0.1) is 0 Å². The molecule has 1 aliphatic heterocycles. The van der Waals surface area contributed by atoms with Gasteiger partial charge in [0.05, 0.1) is 0 Å². The molecule has 0 aliphatic carbocycles. The van der Waals surface area contributed by atoms with E-state index in [2.05, 4.69) is 9.97 Å². The highest BCUT2D eigenvalue weighted by molar-refractivity contribution is 7.08. The zero-order chi connectivity index (χ0) is 15.5. The monoisotopic (exact) mass is 319 g/mol. The molecule has 1 unspecified atom stereocenters. The van der Waals surface area contributed by atoms with Crippen LogP contribution in [-0.4, -0.2) is 39.6 Å². The zero-order valence-electron chi connectivity index (χ0n) is 12.2. The number of methoxy groups -OCH3 is 1. The number of aliphatic carboxylic acids is 1. The Morgan fingerprint density at radius 3 is 3.14 bits per heavy atom. The molecule has 3 heterocycles. The molecule has 0 fully saturated rings. The van der Waals surface area contributed by atoms with Gasteiger partial charge >= 0.3 is 5.97 Å². The number of hydrogen-bond donors (Lipinski definition) is 1. The lowest BCUT2D eigenvalue weighted by Gasteiger charge is -2.32. The van der Waals surface area contributed by atoms with E-state index in [1.807, 2.05) is 21.7 Å². The van der Waals surface area contributed by atoms with E-state index in [4.69, 9.17) is 4.74 Å². The molecule has 2 aromatic rings. The van der Waals surface area contributed by atoms with Gasteiger partial charge in [0.15, 0.2) is 5.82 Å². The molecule has 7 heteroatoms. The quantitative estimate of drug-likeness (QED) is 0.907. The summed E-state index contributed by atoms with van der Waals surface area (Å²) in [7, 11) is 1.61. The maximum Gasteiger partial charge on any atom is 0.325 e. The summed E-state index contributed by atoms with van der Waals surface area (Å²) in [5, 5.41) is 13.4. The van der Waals surface area contributed by atoms with Gasteiger partial charge in [0, 0.05) is 44.1 Å². The van der Waals surface area contributed by atoms with Gasteiger partial charge in [0.25, 0.3) is 0 Å². The minimum Gasteiger partial charge on any atom is -0.480 e. The lowest BCUT2D eigenvalue weighted by molar-refractivity contribution is -0.144. The SMILES string of the molecule is COCc1ncc2c(n1)CCN(C(C(=O)O)c1ccsc1)C2. The van der Waals surface area contributed by atoms with Crippen molar-refractivity contribution in [3.05, 3.63) is 45.7 Å². The van der Waals surface area contributed by atoms with Crippen molar-refractivity contribution in [1.29, 1.82) is 0 Å². The Hall–Kier alpha value is -1.83. The van der Waals surface area contributed by atoms with Crippen molar-refractivity contribution in [2.75, 3.05) is 13.7 Å². The van der Waals surface area contributed by atoms with E-state index in [1.54, 1.807) is 13.3 Å². The van der Waals surface area contributed by atoms with Gasteiger partial charge in [-0.05, 0) is 22.4 Å². The largest absolute Gasteiger partial charge is 0.480 e. The fraction of sp³-hybridized carbons (Fsp3) is 0.400. The van der Waals surface area contributed by atoms with Gasteiger partial charge in [-0.2, -0.15) is 11.3 Å². The molecule has 0 aromatic carbocycles. The van der Waals surface area contributed by atoms with Crippen LogP contribution in [0.4, 0.5) is 0 Å². The van der Waals surface area contributed by atoms with Crippen molar-refractivity contribution in [1.82, 2.24) is 14.9 Å². The molecule has 0 amide bonds. The van der Waals surface area contributed by atoms with Gasteiger partial charge in [0.2, 0.25) is 0 Å². The Morgan fingerprint density at radius 1 is 1.59 bits per heavy atom. The van der Waals surface area contributed by atoms with Crippen LogP contribution in [0.2, 0.25) is 0 Å². The first-order chi connectivity index (χ1) is 10.7. The van der Waals surface area contributed by atoms with Gasteiger partial charge in [-0.15, -0.1) is 0 Å². The van der Waals surface area contributed by atoms with Crippen LogP contribution in [0.25, 0.3) is 0 Å². The van der Waals surface area contributed by atoms with Crippen LogP contribution in [0.5, 0.6) is 0 Å². The fourth-order valence-corrected chi connectivity index (χ4v) is 3.42. The molecule has 0 saturated heterocycles. The topological polar surface area (TPSA) is 75.6 Å². The number of carbonyl (C=O) groups is 1. The van der Waals surface area contributed by atoms with E-state index in [1.165, 1.54) is 11.3 Å². The summed E-state index contributed by atoms with van der Waals surface area (Å²) in [6, 6.07) is 1.26. The Morgan fingerprint density at radius 2 is 2.45 bits per heavy atom. The van der Waals surface area contributed by atoms with Crippen molar-refractivity contribution < 1.29 is 14.6 Å². The summed E-state index contributed by atoms with van der Waals surface area (Å²) in [6.07, 6.45) is 2.51. The minimum absolute atomic E-state index is 0.393. The van der Waals surface area contributed by atoms with Gasteiger partial charge in [-0.3, -0.25) is 9.69 Å². The molecular formula is C15H17N3O3S. The fourth-order valence-electron chi connectivity index (χ4n) is 2.74. The van der Waals surface area contributed by atoms with Crippen molar-refractivity contribution in [3.8, 4) is 0 Å². The minimum atomic E-state index is -0.821. The number of carboxylic acid groups (broad SMARTS) is 1. The summed E-state index contributed by atoms with van der Waals surface area (Å²) in [5.41, 5.74) is 2.82. The van der Waals surface area contributed by atoms with Crippen LogP contribution < -0.4 is 0 Å². The number of fused-ring (bicyclic) bond motifs is 1. The van der Waals surface area contributed by atoms with Crippen LogP contribution in [0.15, 0.2) is 23.0 Å². The number of thiophene rings is 1. The van der Waals surface area contributed by atoms with Gasteiger partial charge in [-0.25, -0.2) is 9.97 Å². The van der Waals surface area contributed by atoms with Crippen molar-refractivity contribution in [3.63, 3.8) is 0 Å². The maximum atomic E-state index is 11.7. The molecular weight excluding hydrogens is 302 g/mol. The summed E-state index contributed by atoms with van der Waals surface area (Å²) in [6.45, 7) is 1.61. The molecule has 0 saturated carbocycles. The first-order valence-electron chi connectivity index (χ1n) is 7.00. The van der Waals surface area contributed by atoms with E-state index in [-0.39, 0.29) is 0 Å². The molecule has 1 N–H and O–H groups in total. The standard InChI is InChI=1S/C15H17N3O3S/c1-21-8-13-16-6-11-7-18(4-2-12(11)17-13)14(15(19)20)10-3-5-22-9-10/h3,5-6,9,14H,2,4,7-8H2,1H3,(H,19,20). The van der Waals surface area contributed by atoms with E-state index in [0.717, 1.165) is 23.2 Å². The van der Waals surface area contributed by atoms with Crippen LogP contribution in [-0.2, 0) is 29.1 Å². The molecule has 0 spiro atoms. The molecule has 0 bridgehead atoms. The van der Waals surface area contributed by atoms with Crippen molar-refractivity contribution in [2.45, 2.75) is 25.6 Å². The van der Waals surface area contributed by atoms with Gasteiger partial charge in [-0.1, -0.05) is 0 Å². The average molecular weight is 319 g/mol. The van der Waals surface area contributed by atoms with Crippen molar-refractivity contribution in [2.24, 2.45) is 0 Å². The van der Waals surface area contributed by atoms with E-state index >= 15 is 0 Å². The number of nitrogens with zero attached hydrogens (tertiary/aromatic N) is 3. The second-order valence-electron chi connectivity index (χ2n) is 5.21. The second-order valence-corrected chi connectivity index (χ2v) is 5.99. The summed E-state index contributed by atoms with van der Waals surface area (Å²) in [4.78, 5) is 22.4. The highest BCUT2D eigenvalue weighted by Crippen LogP contribution is 2.28. The first-order valence-corrected chi connectivity index (χ1v) is 7.95. The highest BCUT2D eigenvalue weighted by Gasteiger charge is 2.31. The molecule has 1 atom stereocenters. The summed E-state index contributed by atoms with van der Waals surface area (Å²) < 4.78 is 5.05. The summed E-state index contributed by atoms with van der Waals surface area (Å²) in [5.74, 6) is -0.152. The third kappa shape index (κ3) is 3.01. The van der Waals surface area contributed by atoms with Gasteiger partial charge < -0.3 is 9.84 Å². The number of ether oxygens (including phenoxy) is 1. The van der Waals surface area contributed by atoms with E-state index < -0.39 is 12.0 Å². The third-order valence-corrected chi connectivity index (χ3v) is 4.45. The Kier molecular flexibility index (Phi) is 4.47. The van der Waals surface area contributed by atoms with Crippen LogP contribution in [0.1, 0.15) is 28.7 Å². The highest BCUT2D eigenvalue weighted by atomic mass is 32.1. The van der Waals surface area contributed by atoms with Crippen LogP contribution in [0.3, 0.4) is 0 Å².